The highest BCUT2D eigenvalue weighted by atomic mass is 35.5. The highest BCUT2D eigenvalue weighted by molar-refractivity contribution is 7.22. The second-order valence-electron chi connectivity index (χ2n) is 8.01. The number of piperidine rings is 1. The molecule has 1 aliphatic rings. The summed E-state index contributed by atoms with van der Waals surface area (Å²) in [6.07, 6.45) is -1.44. The van der Waals surface area contributed by atoms with Crippen molar-refractivity contribution in [2.24, 2.45) is 7.05 Å². The second kappa shape index (κ2) is 9.88. The van der Waals surface area contributed by atoms with Gasteiger partial charge in [0.15, 0.2) is 5.13 Å². The first-order chi connectivity index (χ1) is 16.2. The molecule has 0 saturated carbocycles. The standard InChI is InChI=1S/C22H21F3N6O2S.ClH/c1-30-17-8-5-13(19(32)29-31-9-3-2-4-10-31)11-16(17)26-20(30)28-21-27-15-7-6-14(12-18(15)34-21)33-22(23,24)25;/h5-8,11-12H,2-4,9-10H2,1H3,(H,29,32)(H,26,27,28);1H. The maximum atomic E-state index is 12.7. The summed E-state index contributed by atoms with van der Waals surface area (Å²) in [5.74, 6) is 0.0229. The number of thiazole rings is 1. The van der Waals surface area contributed by atoms with Crippen molar-refractivity contribution in [3.05, 3.63) is 42.0 Å². The van der Waals surface area contributed by atoms with Gasteiger partial charge in [-0.15, -0.1) is 25.6 Å². The van der Waals surface area contributed by atoms with Gasteiger partial charge in [-0.2, -0.15) is 0 Å². The molecule has 0 atom stereocenters. The zero-order valence-electron chi connectivity index (χ0n) is 18.6. The average Bonchev–Trinajstić information content (AvgIpc) is 3.33. The predicted molar refractivity (Wildman–Crippen MR) is 130 cm³/mol. The number of fused-ring (bicyclic) bond motifs is 2. The highest BCUT2D eigenvalue weighted by Gasteiger charge is 2.31. The van der Waals surface area contributed by atoms with Gasteiger partial charge in [-0.25, -0.2) is 15.0 Å². The number of aryl methyl sites for hydroxylation is 1. The molecule has 5 rings (SSSR count). The zero-order valence-corrected chi connectivity index (χ0v) is 20.2. The maximum Gasteiger partial charge on any atom is 0.573 e. The summed E-state index contributed by atoms with van der Waals surface area (Å²) in [6.45, 7) is 1.69. The summed E-state index contributed by atoms with van der Waals surface area (Å²) in [7, 11) is 1.83. The number of hydrogen-bond acceptors (Lipinski definition) is 7. The smallest absolute Gasteiger partial charge is 0.406 e. The van der Waals surface area contributed by atoms with E-state index in [0.717, 1.165) is 31.4 Å². The molecule has 1 fully saturated rings. The Labute approximate surface area is 208 Å². The van der Waals surface area contributed by atoms with Crippen molar-refractivity contribution in [3.63, 3.8) is 0 Å². The molecule has 0 unspecified atom stereocenters. The number of nitrogens with zero attached hydrogens (tertiary/aromatic N) is 4. The van der Waals surface area contributed by atoms with Gasteiger partial charge in [0.1, 0.15) is 5.75 Å². The molecule has 2 aromatic carbocycles. The number of imidazole rings is 1. The number of ether oxygens (including phenoxy) is 1. The Morgan fingerprint density at radius 2 is 1.83 bits per heavy atom. The van der Waals surface area contributed by atoms with Crippen molar-refractivity contribution in [2.75, 3.05) is 18.4 Å². The molecule has 3 heterocycles. The van der Waals surface area contributed by atoms with E-state index in [0.29, 0.717) is 32.4 Å². The SMILES string of the molecule is Cl.Cn1c(Nc2nc3ccc(OC(F)(F)F)cc3s2)nc2cc(C(=O)NN3CCCCC3)ccc21. The number of hydrogen-bond donors (Lipinski definition) is 2. The lowest BCUT2D eigenvalue weighted by molar-refractivity contribution is -0.274. The lowest BCUT2D eigenvalue weighted by atomic mass is 10.1. The molecular formula is C22H22ClF3N6O2S. The van der Waals surface area contributed by atoms with Crippen LogP contribution >= 0.6 is 23.7 Å². The van der Waals surface area contributed by atoms with Gasteiger partial charge in [0.25, 0.3) is 5.91 Å². The minimum absolute atomic E-state index is 0. The minimum atomic E-state index is -4.75. The van der Waals surface area contributed by atoms with Crippen LogP contribution in [0.3, 0.4) is 0 Å². The summed E-state index contributed by atoms with van der Waals surface area (Å²) in [5.41, 5.74) is 5.46. The minimum Gasteiger partial charge on any atom is -0.406 e. The highest BCUT2D eigenvalue weighted by Crippen LogP contribution is 2.33. The molecule has 8 nitrogen and oxygen atoms in total. The molecule has 13 heteroatoms. The summed E-state index contributed by atoms with van der Waals surface area (Å²) in [6, 6.07) is 9.32. The Morgan fingerprint density at radius 1 is 1.06 bits per heavy atom. The number of benzene rings is 2. The first kappa shape index (κ1) is 25.0. The second-order valence-corrected chi connectivity index (χ2v) is 9.04. The number of aromatic nitrogens is 3. The fourth-order valence-corrected chi connectivity index (χ4v) is 4.81. The number of carbonyl (C=O) groups excluding carboxylic acids is 1. The van der Waals surface area contributed by atoms with E-state index in [9.17, 15) is 18.0 Å². The molecule has 4 aromatic rings. The van der Waals surface area contributed by atoms with E-state index < -0.39 is 6.36 Å². The third-order valence-corrected chi connectivity index (χ3v) is 6.50. The molecule has 2 N–H and O–H groups in total. The molecule has 35 heavy (non-hydrogen) atoms. The first-order valence-corrected chi connectivity index (χ1v) is 11.5. The van der Waals surface area contributed by atoms with Crippen molar-refractivity contribution in [3.8, 4) is 5.75 Å². The van der Waals surface area contributed by atoms with E-state index in [1.165, 1.54) is 36.0 Å². The topological polar surface area (TPSA) is 84.3 Å². The molecule has 0 aliphatic carbocycles. The number of alkyl halides is 3. The van der Waals surface area contributed by atoms with E-state index in [4.69, 9.17) is 0 Å². The number of halogens is 4. The lowest BCUT2D eigenvalue weighted by Gasteiger charge is -2.26. The number of rotatable bonds is 5. The van der Waals surface area contributed by atoms with E-state index in [1.807, 2.05) is 22.7 Å². The van der Waals surface area contributed by atoms with E-state index in [-0.39, 0.29) is 24.1 Å². The molecule has 0 bridgehead atoms. The van der Waals surface area contributed by atoms with Crippen LogP contribution < -0.4 is 15.5 Å². The van der Waals surface area contributed by atoms with Crippen LogP contribution in [-0.4, -0.2) is 44.9 Å². The zero-order chi connectivity index (χ0) is 23.9. The van der Waals surface area contributed by atoms with Crippen LogP contribution in [0.25, 0.3) is 21.3 Å². The fourth-order valence-electron chi connectivity index (χ4n) is 3.92. The van der Waals surface area contributed by atoms with Gasteiger partial charge in [-0.3, -0.25) is 10.2 Å². The normalized spacial score (nSPS) is 14.6. The van der Waals surface area contributed by atoms with Gasteiger partial charge in [0, 0.05) is 31.8 Å². The molecule has 1 saturated heterocycles. The monoisotopic (exact) mass is 526 g/mol. The van der Waals surface area contributed by atoms with Gasteiger partial charge in [-0.05, 0) is 43.2 Å². The van der Waals surface area contributed by atoms with Gasteiger partial charge in [0.05, 0.1) is 21.3 Å². The van der Waals surface area contributed by atoms with Crippen LogP contribution in [0.5, 0.6) is 5.75 Å². The molecule has 1 aliphatic heterocycles. The Hall–Kier alpha value is -3.09. The number of amides is 1. The molecule has 186 valence electrons. The van der Waals surface area contributed by atoms with Gasteiger partial charge in [-0.1, -0.05) is 17.8 Å². The fraction of sp³-hybridized carbons (Fsp3) is 0.318. The number of nitrogens with one attached hydrogen (secondary N) is 2. The predicted octanol–water partition coefficient (Wildman–Crippen LogP) is 5.38. The summed E-state index contributed by atoms with van der Waals surface area (Å²) >= 11 is 1.19. The Kier molecular flexibility index (Phi) is 7.06. The van der Waals surface area contributed by atoms with Gasteiger partial charge < -0.3 is 14.6 Å². The van der Waals surface area contributed by atoms with Crippen LogP contribution in [0.1, 0.15) is 29.6 Å². The Balaban J connectivity index is 0.00000289. The summed E-state index contributed by atoms with van der Waals surface area (Å²) < 4.78 is 43.8. The Morgan fingerprint density at radius 3 is 2.57 bits per heavy atom. The van der Waals surface area contributed by atoms with Crippen LogP contribution in [0.2, 0.25) is 0 Å². The van der Waals surface area contributed by atoms with Crippen LogP contribution in [0.4, 0.5) is 24.3 Å². The quantitative estimate of drug-likeness (QED) is 0.363. The lowest BCUT2D eigenvalue weighted by Crippen LogP contribution is -2.45. The van der Waals surface area contributed by atoms with Crippen LogP contribution in [0.15, 0.2) is 36.4 Å². The van der Waals surface area contributed by atoms with Crippen molar-refractivity contribution in [2.45, 2.75) is 25.6 Å². The van der Waals surface area contributed by atoms with E-state index in [1.54, 1.807) is 12.1 Å². The molecule has 1 amide bonds. The third kappa shape index (κ3) is 5.60. The van der Waals surface area contributed by atoms with Crippen LogP contribution in [-0.2, 0) is 7.05 Å². The Bertz CT molecular complexity index is 1370. The van der Waals surface area contributed by atoms with Crippen molar-refractivity contribution in [1.29, 1.82) is 0 Å². The molecule has 0 radical (unpaired) electrons. The summed E-state index contributed by atoms with van der Waals surface area (Å²) in [4.78, 5) is 21.7. The number of carbonyl (C=O) groups is 1. The summed E-state index contributed by atoms with van der Waals surface area (Å²) in [5, 5.41) is 5.54. The van der Waals surface area contributed by atoms with Gasteiger partial charge in [0.2, 0.25) is 5.95 Å². The van der Waals surface area contributed by atoms with Crippen molar-refractivity contribution >= 4 is 62.0 Å². The van der Waals surface area contributed by atoms with Gasteiger partial charge >= 0.3 is 6.36 Å². The average molecular weight is 527 g/mol. The van der Waals surface area contributed by atoms with Crippen molar-refractivity contribution in [1.82, 2.24) is 25.0 Å². The third-order valence-electron chi connectivity index (χ3n) is 5.57. The first-order valence-electron chi connectivity index (χ1n) is 10.7. The molecule has 2 aromatic heterocycles. The van der Waals surface area contributed by atoms with Crippen LogP contribution in [0, 0.1) is 0 Å². The van der Waals surface area contributed by atoms with E-state index >= 15 is 0 Å². The largest absolute Gasteiger partial charge is 0.573 e. The van der Waals surface area contributed by atoms with E-state index in [2.05, 4.69) is 25.4 Å². The molecule has 0 spiro atoms. The maximum absolute atomic E-state index is 12.7. The number of anilines is 2. The molecular weight excluding hydrogens is 505 g/mol. The number of hydrazine groups is 1. The van der Waals surface area contributed by atoms with Crippen molar-refractivity contribution < 1.29 is 22.7 Å².